The van der Waals surface area contributed by atoms with Gasteiger partial charge in [-0.15, -0.1) is 12.4 Å². The molecule has 0 bridgehead atoms. The molecule has 1 aliphatic rings. The molecular weight excluding hydrogens is 234 g/mol. The lowest BCUT2D eigenvalue weighted by molar-refractivity contribution is 0.646. The van der Waals surface area contributed by atoms with E-state index in [0.717, 1.165) is 6.42 Å². The van der Waals surface area contributed by atoms with Crippen LogP contribution in [0.4, 0.5) is 0 Å². The third-order valence-corrected chi connectivity index (χ3v) is 3.27. The Bertz CT molecular complexity index is 404. The van der Waals surface area contributed by atoms with Crippen molar-refractivity contribution < 1.29 is 0 Å². The van der Waals surface area contributed by atoms with E-state index in [0.29, 0.717) is 0 Å². The third-order valence-electron chi connectivity index (χ3n) is 3.27. The van der Waals surface area contributed by atoms with Crippen LogP contribution < -0.4 is 11.1 Å². The Morgan fingerprint density at radius 3 is 2.76 bits per heavy atom. The van der Waals surface area contributed by atoms with Crippen molar-refractivity contribution in [3.63, 3.8) is 0 Å². The van der Waals surface area contributed by atoms with Gasteiger partial charge in [0.1, 0.15) is 0 Å². The Morgan fingerprint density at radius 1 is 1.35 bits per heavy atom. The molecule has 94 valence electrons. The SMILES string of the molecule is CC(NC(=N)N)c1cccc2c1CCCC2.Cl. The summed E-state index contributed by atoms with van der Waals surface area (Å²) in [5.41, 5.74) is 9.62. The number of hydrogen-bond acceptors (Lipinski definition) is 1. The van der Waals surface area contributed by atoms with Crippen LogP contribution in [0.2, 0.25) is 0 Å². The van der Waals surface area contributed by atoms with Crippen molar-refractivity contribution in [3.05, 3.63) is 34.9 Å². The lowest BCUT2D eigenvalue weighted by atomic mass is 9.86. The second kappa shape index (κ2) is 5.92. The topological polar surface area (TPSA) is 61.9 Å². The fourth-order valence-electron chi connectivity index (χ4n) is 2.53. The van der Waals surface area contributed by atoms with E-state index in [-0.39, 0.29) is 24.4 Å². The molecule has 1 unspecified atom stereocenters. The first kappa shape index (κ1) is 13.8. The molecule has 0 aliphatic heterocycles. The fraction of sp³-hybridized carbons (Fsp3) is 0.462. The molecule has 17 heavy (non-hydrogen) atoms. The lowest BCUT2D eigenvalue weighted by Gasteiger charge is -2.23. The van der Waals surface area contributed by atoms with E-state index >= 15 is 0 Å². The molecule has 0 spiro atoms. The largest absolute Gasteiger partial charge is 0.370 e. The zero-order chi connectivity index (χ0) is 11.5. The van der Waals surface area contributed by atoms with Gasteiger partial charge in [-0.3, -0.25) is 5.41 Å². The highest BCUT2D eigenvalue weighted by atomic mass is 35.5. The van der Waals surface area contributed by atoms with E-state index in [1.807, 2.05) is 0 Å². The first-order valence-corrected chi connectivity index (χ1v) is 5.89. The standard InChI is InChI=1S/C13H19N3.ClH/c1-9(16-13(14)15)11-8-4-6-10-5-2-3-7-12(10)11;/h4,6,8-9H,2-3,5,7H2,1H3,(H4,14,15,16);1H. The molecule has 0 heterocycles. The van der Waals surface area contributed by atoms with Crippen LogP contribution in [-0.2, 0) is 12.8 Å². The number of halogens is 1. The lowest BCUT2D eigenvalue weighted by Crippen LogP contribution is -2.33. The van der Waals surface area contributed by atoms with E-state index < -0.39 is 0 Å². The molecule has 1 aromatic carbocycles. The van der Waals surface area contributed by atoms with Gasteiger partial charge < -0.3 is 11.1 Å². The average Bonchev–Trinajstić information content (AvgIpc) is 2.27. The summed E-state index contributed by atoms with van der Waals surface area (Å²) in [6, 6.07) is 6.60. The monoisotopic (exact) mass is 253 g/mol. The molecule has 1 aromatic rings. The van der Waals surface area contributed by atoms with Crippen LogP contribution in [0.15, 0.2) is 18.2 Å². The highest BCUT2D eigenvalue weighted by molar-refractivity contribution is 5.85. The van der Waals surface area contributed by atoms with Gasteiger partial charge in [0.2, 0.25) is 0 Å². The predicted octanol–water partition coefficient (Wildman–Crippen LogP) is 2.53. The first-order chi connectivity index (χ1) is 7.68. The minimum absolute atomic E-state index is 0. The maximum atomic E-state index is 7.28. The number of rotatable bonds is 2. The third kappa shape index (κ3) is 3.13. The van der Waals surface area contributed by atoms with Gasteiger partial charge in [0, 0.05) is 0 Å². The summed E-state index contributed by atoms with van der Waals surface area (Å²) in [4.78, 5) is 0. The van der Waals surface area contributed by atoms with Gasteiger partial charge in [-0.2, -0.15) is 0 Å². The smallest absolute Gasteiger partial charge is 0.186 e. The number of benzene rings is 1. The molecule has 3 nitrogen and oxygen atoms in total. The number of hydrogen-bond donors (Lipinski definition) is 3. The molecule has 0 radical (unpaired) electrons. The van der Waals surface area contributed by atoms with E-state index in [4.69, 9.17) is 11.1 Å². The van der Waals surface area contributed by atoms with Gasteiger partial charge in [0.15, 0.2) is 5.96 Å². The maximum absolute atomic E-state index is 7.28. The van der Waals surface area contributed by atoms with E-state index in [1.165, 1.54) is 36.0 Å². The second-order valence-electron chi connectivity index (χ2n) is 4.47. The summed E-state index contributed by atoms with van der Waals surface area (Å²) < 4.78 is 0. The van der Waals surface area contributed by atoms with Crippen LogP contribution in [0.25, 0.3) is 0 Å². The van der Waals surface area contributed by atoms with Gasteiger partial charge >= 0.3 is 0 Å². The Kier molecular flexibility index (Phi) is 4.82. The summed E-state index contributed by atoms with van der Waals surface area (Å²) in [5.74, 6) is 0.0425. The quantitative estimate of drug-likeness (QED) is 0.560. The van der Waals surface area contributed by atoms with Crippen molar-refractivity contribution in [1.82, 2.24) is 5.32 Å². The van der Waals surface area contributed by atoms with E-state index in [2.05, 4.69) is 30.4 Å². The summed E-state index contributed by atoms with van der Waals surface area (Å²) in [5, 5.41) is 10.3. The normalized spacial score (nSPS) is 15.4. The zero-order valence-corrected chi connectivity index (χ0v) is 10.9. The van der Waals surface area contributed by atoms with Gasteiger partial charge in [-0.05, 0) is 49.3 Å². The molecule has 0 amide bonds. The van der Waals surface area contributed by atoms with Gasteiger partial charge in [-0.1, -0.05) is 18.2 Å². The Balaban J connectivity index is 0.00000144. The summed E-state index contributed by atoms with van der Waals surface area (Å²) in [6.45, 7) is 2.06. The van der Waals surface area contributed by atoms with E-state index in [9.17, 15) is 0 Å². The Hall–Kier alpha value is -1.22. The van der Waals surface area contributed by atoms with Crippen molar-refractivity contribution in [3.8, 4) is 0 Å². The van der Waals surface area contributed by atoms with Gasteiger partial charge in [-0.25, -0.2) is 0 Å². The van der Waals surface area contributed by atoms with Crippen molar-refractivity contribution >= 4 is 18.4 Å². The fourth-order valence-corrected chi connectivity index (χ4v) is 2.53. The molecule has 4 heteroatoms. The minimum Gasteiger partial charge on any atom is -0.370 e. The second-order valence-corrected chi connectivity index (χ2v) is 4.47. The van der Waals surface area contributed by atoms with Crippen LogP contribution >= 0.6 is 12.4 Å². The average molecular weight is 254 g/mol. The maximum Gasteiger partial charge on any atom is 0.186 e. The molecule has 0 saturated heterocycles. The highest BCUT2D eigenvalue weighted by Crippen LogP contribution is 2.27. The Morgan fingerprint density at radius 2 is 2.06 bits per heavy atom. The van der Waals surface area contributed by atoms with Crippen molar-refractivity contribution in [2.75, 3.05) is 0 Å². The zero-order valence-electron chi connectivity index (χ0n) is 10.1. The van der Waals surface area contributed by atoms with Crippen molar-refractivity contribution in [1.29, 1.82) is 5.41 Å². The first-order valence-electron chi connectivity index (χ1n) is 5.89. The molecule has 0 fully saturated rings. The molecule has 0 saturated carbocycles. The van der Waals surface area contributed by atoms with Crippen LogP contribution in [0.1, 0.15) is 42.5 Å². The summed E-state index contributed by atoms with van der Waals surface area (Å²) in [7, 11) is 0. The van der Waals surface area contributed by atoms with Crippen molar-refractivity contribution in [2.45, 2.75) is 38.6 Å². The summed E-state index contributed by atoms with van der Waals surface area (Å²) in [6.07, 6.45) is 4.92. The van der Waals surface area contributed by atoms with Crippen molar-refractivity contribution in [2.24, 2.45) is 5.73 Å². The number of guanidine groups is 1. The van der Waals surface area contributed by atoms with Gasteiger partial charge in [0.05, 0.1) is 6.04 Å². The van der Waals surface area contributed by atoms with Crippen LogP contribution in [-0.4, -0.2) is 5.96 Å². The predicted molar refractivity (Wildman–Crippen MR) is 73.8 cm³/mol. The summed E-state index contributed by atoms with van der Waals surface area (Å²) >= 11 is 0. The van der Waals surface area contributed by atoms with Gasteiger partial charge in [0.25, 0.3) is 0 Å². The molecule has 2 rings (SSSR count). The number of nitrogens with two attached hydrogens (primary N) is 1. The molecule has 0 aromatic heterocycles. The highest BCUT2D eigenvalue weighted by Gasteiger charge is 2.16. The molecule has 1 aliphatic carbocycles. The minimum atomic E-state index is 0. The van der Waals surface area contributed by atoms with E-state index in [1.54, 1.807) is 0 Å². The number of fused-ring (bicyclic) bond motifs is 1. The van der Waals surface area contributed by atoms with Crippen LogP contribution in [0.3, 0.4) is 0 Å². The molecule has 4 N–H and O–H groups in total. The number of aryl methyl sites for hydroxylation is 1. The van der Waals surface area contributed by atoms with Crippen LogP contribution in [0.5, 0.6) is 0 Å². The van der Waals surface area contributed by atoms with Crippen LogP contribution in [0, 0.1) is 5.41 Å². The molecular formula is C13H20ClN3. The number of nitrogens with one attached hydrogen (secondary N) is 2. The Labute approximate surface area is 109 Å². The molecule has 1 atom stereocenters.